The number of primary amides is 1. The highest BCUT2D eigenvalue weighted by Gasteiger charge is 2.64. The smallest absolute Gasteiger partial charge is 0.407 e. The Labute approximate surface area is 455 Å². The summed E-state index contributed by atoms with van der Waals surface area (Å²) in [6, 6.07) is 2.24. The molecule has 77 heavy (non-hydrogen) atoms. The van der Waals surface area contributed by atoms with Crippen LogP contribution in [-0.4, -0.2) is 176 Å². The molecule has 422 valence electrons. The van der Waals surface area contributed by atoms with Crippen molar-refractivity contribution in [2.24, 2.45) is 11.7 Å². The highest BCUT2D eigenvalue weighted by Crippen LogP contribution is 2.49. The van der Waals surface area contributed by atoms with E-state index in [1.807, 2.05) is 32.1 Å². The molecule has 0 aliphatic carbocycles. The molecule has 1 aromatic carbocycles. The predicted octanol–water partition coefficient (Wildman–Crippen LogP) is 0.941. The molecule has 3 saturated heterocycles. The van der Waals surface area contributed by atoms with Gasteiger partial charge in [-0.3, -0.25) is 48.1 Å². The number of nitrogens with one attached hydrogen (secondary N) is 5. The number of anilines is 1. The van der Waals surface area contributed by atoms with Crippen LogP contribution >= 0.6 is 23.4 Å². The summed E-state index contributed by atoms with van der Waals surface area (Å²) in [5.41, 5.74) is 5.99. The molecule has 0 spiro atoms. The van der Waals surface area contributed by atoms with Gasteiger partial charge in [-0.05, 0) is 57.7 Å². The second kappa shape index (κ2) is 28.1. The molecule has 4 aliphatic rings. The van der Waals surface area contributed by atoms with Crippen LogP contribution in [0, 0.1) is 5.92 Å². The zero-order valence-electron chi connectivity index (χ0n) is 44.4. The lowest BCUT2D eigenvalue weighted by Gasteiger charge is -2.33. The van der Waals surface area contributed by atoms with Crippen LogP contribution in [0.5, 0.6) is 5.75 Å². The standard InChI is InChI=1S/C51H70ClN9O15S/c1-28-11-8-9-12-32-22-34(74-50(72)58-32)29(2)47-51(4,76-47)37(24-44(68)60(6)33-20-31(19-28)21-35(73-7)46(33)52)75-49(71)30(3)59(5)43(67)15-18-77-36-23-45(69)61(48(36)70)17-10-13-39(63)55-26-41(65)57-27-42(66)56-25-40(64)54-16-14-38(53)62/h8-9,11,20-21,29-30,32,34,36-37,47H,10,12-19,22-27H2,1-7H3,(H2,53,62)(H,54,64)(H,55,63)(H,56,66)(H,57,65)(H,58,72)/b9-8+,28-11+/t29-,30+,32?,34+,36?,37+,47+,51+/m1/s1. The van der Waals surface area contributed by atoms with Crippen molar-refractivity contribution >= 4 is 94.3 Å². The first-order valence-electron chi connectivity index (χ1n) is 25.3. The van der Waals surface area contributed by atoms with E-state index in [2.05, 4.69) is 26.6 Å². The Morgan fingerprint density at radius 3 is 2.29 bits per heavy atom. The number of alkyl carbamates (subject to hydrolysis) is 1. The highest BCUT2D eigenvalue weighted by molar-refractivity contribution is 8.00. The molecule has 4 bridgehead atoms. The number of esters is 1. The molecule has 7 N–H and O–H groups in total. The summed E-state index contributed by atoms with van der Waals surface area (Å²) in [6.45, 7) is 5.69. The molecular formula is C51H70ClN9O15S. The average molecular weight is 1120 g/mol. The Balaban J connectivity index is 1.12. The van der Waals surface area contributed by atoms with Crippen LogP contribution in [0.2, 0.25) is 5.02 Å². The van der Waals surface area contributed by atoms with Gasteiger partial charge in [-0.25, -0.2) is 9.59 Å². The fraction of sp³-hybridized carbons (Fsp3) is 0.588. The van der Waals surface area contributed by atoms with Crippen molar-refractivity contribution in [3.63, 3.8) is 0 Å². The molecule has 4 heterocycles. The van der Waals surface area contributed by atoms with Crippen LogP contribution in [0.4, 0.5) is 10.5 Å². The molecule has 0 saturated carbocycles. The van der Waals surface area contributed by atoms with Crippen LogP contribution in [0.25, 0.3) is 0 Å². The number of hydrogen-bond acceptors (Lipinski definition) is 16. The van der Waals surface area contributed by atoms with E-state index in [9.17, 15) is 52.7 Å². The van der Waals surface area contributed by atoms with Crippen LogP contribution in [-0.2, 0) is 68.6 Å². The number of epoxide rings is 1. The number of amides is 10. The van der Waals surface area contributed by atoms with Crippen molar-refractivity contribution in [2.75, 3.05) is 64.6 Å². The van der Waals surface area contributed by atoms with E-state index in [1.165, 1.54) is 30.9 Å². The van der Waals surface area contributed by atoms with E-state index in [0.717, 1.165) is 27.8 Å². The fourth-order valence-electron chi connectivity index (χ4n) is 8.94. The van der Waals surface area contributed by atoms with Gasteiger partial charge < -0.3 is 61.1 Å². The maximum Gasteiger partial charge on any atom is 0.407 e. The largest absolute Gasteiger partial charge is 0.495 e. The molecule has 3 fully saturated rings. The molecule has 0 radical (unpaired) electrons. The van der Waals surface area contributed by atoms with Crippen molar-refractivity contribution in [3.8, 4) is 5.75 Å². The van der Waals surface area contributed by atoms with Crippen LogP contribution in [0.15, 0.2) is 35.9 Å². The quantitative estimate of drug-likeness (QED) is 0.0567. The lowest BCUT2D eigenvalue weighted by molar-refractivity contribution is -0.162. The predicted molar refractivity (Wildman–Crippen MR) is 281 cm³/mol. The molecule has 10 amide bonds. The number of likely N-dealkylation sites (tertiary alicyclic amines) is 1. The highest BCUT2D eigenvalue weighted by atomic mass is 35.5. The normalized spacial score (nSPS) is 24.9. The van der Waals surface area contributed by atoms with Gasteiger partial charge in [-0.2, -0.15) is 0 Å². The van der Waals surface area contributed by atoms with Crippen molar-refractivity contribution in [3.05, 3.63) is 46.5 Å². The summed E-state index contributed by atoms with van der Waals surface area (Å²) < 4.78 is 23.8. The number of nitrogens with two attached hydrogens (primary N) is 1. The molecular weight excluding hydrogens is 1050 g/mol. The maximum absolute atomic E-state index is 14.3. The number of allylic oxidation sites excluding steroid dienone is 3. The molecule has 4 aliphatic heterocycles. The van der Waals surface area contributed by atoms with Crippen LogP contribution < -0.4 is 42.0 Å². The molecule has 1 aromatic rings. The number of halogens is 1. The second-order valence-corrected chi connectivity index (χ2v) is 21.2. The molecule has 8 atom stereocenters. The molecule has 2 unspecified atom stereocenters. The van der Waals surface area contributed by atoms with Gasteiger partial charge in [0.25, 0.3) is 0 Å². The topological polar surface area (TPSA) is 324 Å². The van der Waals surface area contributed by atoms with Gasteiger partial charge >= 0.3 is 12.1 Å². The third-order valence-corrected chi connectivity index (χ3v) is 15.3. The number of imide groups is 1. The Morgan fingerprint density at radius 2 is 1.62 bits per heavy atom. The second-order valence-electron chi connectivity index (χ2n) is 19.5. The number of likely N-dealkylation sites (N-methyl/N-ethyl adjacent to an activating group) is 1. The number of rotatable bonds is 21. The first-order chi connectivity index (χ1) is 36.4. The Morgan fingerprint density at radius 1 is 0.961 bits per heavy atom. The summed E-state index contributed by atoms with van der Waals surface area (Å²) in [4.78, 5) is 143. The number of carbonyl (C=O) groups excluding carboxylic acids is 11. The van der Waals surface area contributed by atoms with Crippen LogP contribution in [0.3, 0.4) is 0 Å². The number of methoxy groups -OCH3 is 1. The van der Waals surface area contributed by atoms with Gasteiger partial charge in [-0.1, -0.05) is 42.3 Å². The lowest BCUT2D eigenvalue weighted by atomic mass is 9.85. The molecule has 26 heteroatoms. The van der Waals surface area contributed by atoms with Crippen molar-refractivity contribution < 1.29 is 71.7 Å². The van der Waals surface area contributed by atoms with E-state index in [4.69, 9.17) is 36.3 Å². The summed E-state index contributed by atoms with van der Waals surface area (Å²) in [5.74, 6) is -5.61. The summed E-state index contributed by atoms with van der Waals surface area (Å²) >= 11 is 7.91. The van der Waals surface area contributed by atoms with E-state index < -0.39 is 120 Å². The van der Waals surface area contributed by atoms with E-state index >= 15 is 0 Å². The van der Waals surface area contributed by atoms with Gasteiger partial charge in [0, 0.05) is 77.0 Å². The summed E-state index contributed by atoms with van der Waals surface area (Å²) in [7, 11) is 4.47. The van der Waals surface area contributed by atoms with Crippen molar-refractivity contribution in [1.82, 2.24) is 36.4 Å². The number of ether oxygens (including phenoxy) is 4. The molecule has 5 rings (SSSR count). The molecule has 0 aromatic heterocycles. The summed E-state index contributed by atoms with van der Waals surface area (Å²) in [6.07, 6.45) is 3.87. The minimum Gasteiger partial charge on any atom is -0.495 e. The number of hydrogen-bond donors (Lipinski definition) is 6. The minimum atomic E-state index is -1.21. The third-order valence-electron chi connectivity index (χ3n) is 13.7. The number of thioether (sulfide) groups is 1. The third kappa shape index (κ3) is 17.4. The first-order valence-corrected chi connectivity index (χ1v) is 26.7. The zero-order chi connectivity index (χ0) is 56.7. The zero-order valence-corrected chi connectivity index (χ0v) is 45.9. The number of fused-ring (bicyclic) bond motifs is 5. The Kier molecular flexibility index (Phi) is 22.3. The number of nitrogens with zero attached hydrogens (tertiary/aromatic N) is 3. The summed E-state index contributed by atoms with van der Waals surface area (Å²) in [5, 5.41) is 11.7. The van der Waals surface area contributed by atoms with Gasteiger partial charge in [0.2, 0.25) is 53.2 Å². The van der Waals surface area contributed by atoms with Crippen LogP contribution in [0.1, 0.15) is 84.6 Å². The molecule has 24 nitrogen and oxygen atoms in total. The minimum absolute atomic E-state index is 0.0106. The Hall–Kier alpha value is -6.73. The van der Waals surface area contributed by atoms with Crippen molar-refractivity contribution in [2.45, 2.75) is 127 Å². The van der Waals surface area contributed by atoms with Crippen molar-refractivity contribution in [1.29, 1.82) is 0 Å². The average Bonchev–Trinajstić information content (AvgIpc) is 4.01. The lowest BCUT2D eigenvalue weighted by Crippen LogP contribution is -2.49. The Bertz CT molecular complexity index is 2510. The van der Waals surface area contributed by atoms with Gasteiger partial charge in [-0.15, -0.1) is 11.8 Å². The number of carbonyl (C=O) groups is 11. The first kappa shape index (κ1) is 61.1. The van der Waals surface area contributed by atoms with E-state index in [1.54, 1.807) is 26.1 Å². The monoisotopic (exact) mass is 1120 g/mol. The van der Waals surface area contributed by atoms with E-state index in [-0.39, 0.29) is 74.3 Å². The SMILES string of the molecule is COc1cc2cc(c1Cl)N(C)C(=O)C[C@H](OC(=O)[C@H](C)N(C)C(=O)CCSC1CC(=O)N(CCCC(=O)NCC(=O)NCC(=O)NCC(=O)NCCC(N)=O)C1=O)[C@]1(C)O[C@H]1[C@H](C)[C@@H]1CC(C/C=C/C=C(\C)C2)NC(=O)O1. The van der Waals surface area contributed by atoms with Gasteiger partial charge in [0.15, 0.2) is 0 Å². The fourth-order valence-corrected chi connectivity index (χ4v) is 10.4. The maximum atomic E-state index is 14.3. The van der Waals surface area contributed by atoms with Gasteiger partial charge in [0.05, 0.1) is 50.2 Å². The van der Waals surface area contributed by atoms with Gasteiger partial charge in [0.1, 0.15) is 34.6 Å². The van der Waals surface area contributed by atoms with E-state index in [0.29, 0.717) is 30.7 Å². The number of benzene rings is 1.